The number of nitrogens with one attached hydrogen (secondary N) is 1. The summed E-state index contributed by atoms with van der Waals surface area (Å²) >= 11 is 0. The molecule has 1 heterocycles. The predicted molar refractivity (Wildman–Crippen MR) is 46.4 cm³/mol. The van der Waals surface area contributed by atoms with E-state index in [4.69, 9.17) is 5.11 Å². The molecule has 0 saturated carbocycles. The lowest BCUT2D eigenvalue weighted by Gasteiger charge is -2.03. The molecule has 1 rings (SSSR count). The molecule has 0 bridgehead atoms. The first-order valence-electron chi connectivity index (χ1n) is 3.85. The summed E-state index contributed by atoms with van der Waals surface area (Å²) in [5, 5.41) is 11.3. The molecule has 0 aliphatic heterocycles. The van der Waals surface area contributed by atoms with Crippen molar-refractivity contribution in [3.05, 3.63) is 18.1 Å². The fourth-order valence-corrected chi connectivity index (χ4v) is 0.960. The Morgan fingerprint density at radius 1 is 1.77 bits per heavy atom. The summed E-state index contributed by atoms with van der Waals surface area (Å²) in [6.07, 6.45) is 4.52. The zero-order valence-electron chi connectivity index (χ0n) is 7.24. The number of carboxylic acid groups (broad SMARTS) is 1. The molecule has 0 fully saturated rings. The molecule has 0 spiro atoms. The van der Waals surface area contributed by atoms with Crippen LogP contribution >= 0.6 is 0 Å². The Balaban J connectivity index is 2.69. The Bertz CT molecular complexity index is 301. The SMILES string of the molecule is CNc1n[c]ncc1CCC(=O)O. The summed E-state index contributed by atoms with van der Waals surface area (Å²) in [7, 11) is 1.72. The van der Waals surface area contributed by atoms with Crippen molar-refractivity contribution in [3.63, 3.8) is 0 Å². The van der Waals surface area contributed by atoms with Gasteiger partial charge in [0.15, 0.2) is 6.33 Å². The maximum Gasteiger partial charge on any atom is 0.303 e. The van der Waals surface area contributed by atoms with Gasteiger partial charge < -0.3 is 10.4 Å². The maximum atomic E-state index is 10.3. The van der Waals surface area contributed by atoms with Crippen LogP contribution in [0.4, 0.5) is 5.82 Å². The van der Waals surface area contributed by atoms with E-state index in [0.717, 1.165) is 5.56 Å². The van der Waals surface area contributed by atoms with Crippen LogP contribution in [-0.4, -0.2) is 28.1 Å². The fraction of sp³-hybridized carbons (Fsp3) is 0.375. The highest BCUT2D eigenvalue weighted by atomic mass is 16.4. The zero-order valence-corrected chi connectivity index (χ0v) is 7.24. The molecule has 5 nitrogen and oxygen atoms in total. The third-order valence-electron chi connectivity index (χ3n) is 1.59. The summed E-state index contributed by atoms with van der Waals surface area (Å²) in [6.45, 7) is 0. The zero-order chi connectivity index (χ0) is 9.68. The quantitative estimate of drug-likeness (QED) is 0.698. The van der Waals surface area contributed by atoms with Crippen molar-refractivity contribution in [1.82, 2.24) is 9.97 Å². The highest BCUT2D eigenvalue weighted by Crippen LogP contribution is 2.10. The van der Waals surface area contributed by atoms with Gasteiger partial charge in [0, 0.05) is 25.2 Å². The Morgan fingerprint density at radius 2 is 2.54 bits per heavy atom. The number of hydrogen-bond acceptors (Lipinski definition) is 4. The molecule has 1 radical (unpaired) electrons. The number of anilines is 1. The number of nitrogens with zero attached hydrogens (tertiary/aromatic N) is 2. The highest BCUT2D eigenvalue weighted by molar-refractivity contribution is 5.67. The van der Waals surface area contributed by atoms with Gasteiger partial charge in [0.2, 0.25) is 0 Å². The van der Waals surface area contributed by atoms with E-state index in [0.29, 0.717) is 12.2 Å². The number of rotatable bonds is 4. The fourth-order valence-electron chi connectivity index (χ4n) is 0.960. The van der Waals surface area contributed by atoms with Crippen molar-refractivity contribution in [3.8, 4) is 0 Å². The molecule has 0 saturated heterocycles. The number of aliphatic carboxylic acids is 1. The van der Waals surface area contributed by atoms with Crippen LogP contribution in [0.25, 0.3) is 0 Å². The van der Waals surface area contributed by atoms with Crippen LogP contribution in [0, 0.1) is 6.33 Å². The molecule has 0 aliphatic carbocycles. The van der Waals surface area contributed by atoms with Crippen molar-refractivity contribution >= 4 is 11.8 Å². The van der Waals surface area contributed by atoms with Crippen molar-refractivity contribution < 1.29 is 9.90 Å². The minimum Gasteiger partial charge on any atom is -0.481 e. The average molecular weight is 180 g/mol. The van der Waals surface area contributed by atoms with Gasteiger partial charge in [0.25, 0.3) is 0 Å². The first-order valence-corrected chi connectivity index (χ1v) is 3.85. The number of carboxylic acids is 1. The largest absolute Gasteiger partial charge is 0.481 e. The van der Waals surface area contributed by atoms with Crippen LogP contribution in [-0.2, 0) is 11.2 Å². The number of carbonyl (C=O) groups is 1. The molecule has 1 aromatic heterocycles. The highest BCUT2D eigenvalue weighted by Gasteiger charge is 2.04. The molecular formula is C8H10N3O2. The van der Waals surface area contributed by atoms with E-state index in [-0.39, 0.29) is 6.42 Å². The predicted octanol–water partition coefficient (Wildman–Crippen LogP) is 0.336. The summed E-state index contributed by atoms with van der Waals surface area (Å²) in [4.78, 5) is 17.8. The summed E-state index contributed by atoms with van der Waals surface area (Å²) in [5.41, 5.74) is 0.795. The minimum absolute atomic E-state index is 0.0854. The van der Waals surface area contributed by atoms with Gasteiger partial charge in [0.1, 0.15) is 5.82 Å². The molecule has 0 unspecified atom stereocenters. The van der Waals surface area contributed by atoms with Gasteiger partial charge >= 0.3 is 5.97 Å². The number of hydrogen-bond donors (Lipinski definition) is 2. The molecule has 0 aromatic carbocycles. The van der Waals surface area contributed by atoms with Gasteiger partial charge in [-0.3, -0.25) is 4.79 Å². The van der Waals surface area contributed by atoms with E-state index in [1.807, 2.05) is 0 Å². The lowest BCUT2D eigenvalue weighted by atomic mass is 10.2. The Morgan fingerprint density at radius 3 is 3.15 bits per heavy atom. The van der Waals surface area contributed by atoms with Crippen LogP contribution < -0.4 is 5.32 Å². The van der Waals surface area contributed by atoms with E-state index in [1.165, 1.54) is 0 Å². The molecule has 5 heteroatoms. The van der Waals surface area contributed by atoms with Gasteiger partial charge in [0.05, 0.1) is 0 Å². The first kappa shape index (κ1) is 9.44. The average Bonchev–Trinajstić information content (AvgIpc) is 2.15. The van der Waals surface area contributed by atoms with Gasteiger partial charge in [-0.05, 0) is 6.42 Å². The summed E-state index contributed by atoms with van der Waals surface area (Å²) < 4.78 is 0. The van der Waals surface area contributed by atoms with Crippen LogP contribution in [0.5, 0.6) is 0 Å². The van der Waals surface area contributed by atoms with E-state index in [2.05, 4.69) is 21.6 Å². The maximum absolute atomic E-state index is 10.3. The third-order valence-corrected chi connectivity index (χ3v) is 1.59. The monoisotopic (exact) mass is 180 g/mol. The first-order chi connectivity index (χ1) is 6.24. The van der Waals surface area contributed by atoms with Crippen LogP contribution in [0.1, 0.15) is 12.0 Å². The van der Waals surface area contributed by atoms with Crippen molar-refractivity contribution in [1.29, 1.82) is 0 Å². The molecule has 1 aromatic rings. The van der Waals surface area contributed by atoms with Crippen molar-refractivity contribution in [2.45, 2.75) is 12.8 Å². The Kier molecular flexibility index (Phi) is 3.19. The van der Waals surface area contributed by atoms with Gasteiger partial charge in [-0.15, -0.1) is 0 Å². The second-order valence-corrected chi connectivity index (χ2v) is 2.49. The Hall–Kier alpha value is -1.65. The summed E-state index contributed by atoms with van der Waals surface area (Å²) in [6, 6.07) is 0. The number of aromatic nitrogens is 2. The second kappa shape index (κ2) is 4.39. The molecule has 0 atom stereocenters. The van der Waals surface area contributed by atoms with Gasteiger partial charge in [-0.2, -0.15) is 0 Å². The van der Waals surface area contributed by atoms with Crippen LogP contribution in [0.3, 0.4) is 0 Å². The van der Waals surface area contributed by atoms with Gasteiger partial charge in [-0.25, -0.2) is 9.97 Å². The second-order valence-electron chi connectivity index (χ2n) is 2.49. The van der Waals surface area contributed by atoms with E-state index in [1.54, 1.807) is 13.2 Å². The van der Waals surface area contributed by atoms with Crippen LogP contribution in [0.15, 0.2) is 6.20 Å². The third kappa shape index (κ3) is 2.70. The van der Waals surface area contributed by atoms with E-state index >= 15 is 0 Å². The minimum atomic E-state index is -0.824. The molecule has 13 heavy (non-hydrogen) atoms. The van der Waals surface area contributed by atoms with Crippen molar-refractivity contribution in [2.24, 2.45) is 0 Å². The normalized spacial score (nSPS) is 9.62. The standard InChI is InChI=1S/C8H10N3O2/c1-9-8-6(2-3-7(12)13)4-10-5-11-8/h4H,2-3H2,1H3,(H,12,13)(H,9,10,11). The molecule has 0 amide bonds. The van der Waals surface area contributed by atoms with Crippen molar-refractivity contribution in [2.75, 3.05) is 12.4 Å². The lowest BCUT2D eigenvalue weighted by molar-refractivity contribution is -0.136. The van der Waals surface area contributed by atoms with Gasteiger partial charge in [-0.1, -0.05) is 0 Å². The summed E-state index contributed by atoms with van der Waals surface area (Å²) in [5.74, 6) is -0.189. The Labute approximate surface area is 75.8 Å². The van der Waals surface area contributed by atoms with E-state index in [9.17, 15) is 4.79 Å². The molecule has 0 aliphatic rings. The molecule has 69 valence electrons. The van der Waals surface area contributed by atoms with E-state index < -0.39 is 5.97 Å². The smallest absolute Gasteiger partial charge is 0.303 e. The lowest BCUT2D eigenvalue weighted by Crippen LogP contribution is -2.03. The molecular weight excluding hydrogens is 170 g/mol. The topological polar surface area (TPSA) is 75.1 Å². The number of aryl methyl sites for hydroxylation is 1. The van der Waals surface area contributed by atoms with Crippen LogP contribution in [0.2, 0.25) is 0 Å². The molecule has 2 N–H and O–H groups in total.